The first-order chi connectivity index (χ1) is 14.6. The van der Waals surface area contributed by atoms with E-state index in [9.17, 15) is 4.21 Å². The fraction of sp³-hybridized carbons (Fsp3) is 0.476. The summed E-state index contributed by atoms with van der Waals surface area (Å²) in [6.45, 7) is 4.23. The lowest BCUT2D eigenvalue weighted by Gasteiger charge is -2.34. The molecular weight excluding hydrogens is 400 g/mol. The van der Waals surface area contributed by atoms with Crippen LogP contribution in [0.2, 0.25) is 0 Å². The summed E-state index contributed by atoms with van der Waals surface area (Å²) in [5.74, 6) is 2.10. The van der Waals surface area contributed by atoms with Crippen molar-refractivity contribution < 1.29 is 8.95 Å². The Hall–Kier alpha value is -2.52. The van der Waals surface area contributed by atoms with E-state index in [0.717, 1.165) is 47.4 Å². The number of H-pyrrole nitrogens is 1. The minimum Gasteiger partial charge on any atom is -0.377 e. The van der Waals surface area contributed by atoms with E-state index >= 15 is 0 Å². The maximum Gasteiger partial charge on any atom is 0.164 e. The van der Waals surface area contributed by atoms with Crippen molar-refractivity contribution in [2.75, 3.05) is 37.5 Å². The predicted molar refractivity (Wildman–Crippen MR) is 118 cm³/mol. The minimum absolute atomic E-state index is 0.169. The van der Waals surface area contributed by atoms with Crippen LogP contribution in [0, 0.1) is 0 Å². The van der Waals surface area contributed by atoms with Crippen LogP contribution >= 0.6 is 0 Å². The van der Waals surface area contributed by atoms with Crippen LogP contribution in [0.1, 0.15) is 30.7 Å². The number of hydrogen-bond donors (Lipinski definition) is 1. The Balaban J connectivity index is 1.70. The molecule has 3 atom stereocenters. The molecule has 158 valence electrons. The molecule has 0 aromatic carbocycles. The van der Waals surface area contributed by atoms with Gasteiger partial charge in [-0.15, -0.1) is 0 Å². The number of rotatable bonds is 3. The van der Waals surface area contributed by atoms with E-state index in [1.54, 1.807) is 19.4 Å². The van der Waals surface area contributed by atoms with Crippen LogP contribution in [-0.4, -0.2) is 62.7 Å². The number of aromatic nitrogens is 4. The van der Waals surface area contributed by atoms with Gasteiger partial charge in [0, 0.05) is 48.8 Å². The second-order valence-corrected chi connectivity index (χ2v) is 10.6. The van der Waals surface area contributed by atoms with Crippen molar-refractivity contribution in [2.45, 2.75) is 31.1 Å². The Kier molecular flexibility index (Phi) is 4.94. The summed E-state index contributed by atoms with van der Waals surface area (Å²) in [6.07, 6.45) is 7.23. The fourth-order valence-electron chi connectivity index (χ4n) is 4.47. The number of nitrogens with zero attached hydrogens (tertiary/aromatic N) is 5. The molecule has 0 amide bonds. The molecule has 30 heavy (non-hydrogen) atoms. The molecule has 8 nitrogen and oxygen atoms in total. The molecule has 5 heterocycles. The molecule has 0 bridgehead atoms. The lowest BCUT2D eigenvalue weighted by molar-refractivity contribution is 0.0985. The van der Waals surface area contributed by atoms with Crippen LogP contribution in [0.25, 0.3) is 22.3 Å². The summed E-state index contributed by atoms with van der Waals surface area (Å²) in [6, 6.07) is 4.23. The summed E-state index contributed by atoms with van der Waals surface area (Å²) in [5, 5.41) is 0.855. The lowest BCUT2D eigenvalue weighted by atomic mass is 10.1. The number of morpholine rings is 1. The number of anilines is 1. The largest absolute Gasteiger partial charge is 0.377 e. The van der Waals surface area contributed by atoms with Crippen LogP contribution in [-0.2, 0) is 14.5 Å². The van der Waals surface area contributed by atoms with Gasteiger partial charge in [0.05, 0.1) is 51.6 Å². The average molecular weight is 427 g/mol. The maximum atomic E-state index is 13.4. The van der Waals surface area contributed by atoms with Gasteiger partial charge in [-0.25, -0.2) is 18.5 Å². The molecule has 0 spiro atoms. The van der Waals surface area contributed by atoms with Crippen molar-refractivity contribution >= 4 is 26.4 Å². The first-order valence-electron chi connectivity index (χ1n) is 10.4. The number of pyridine rings is 1. The van der Waals surface area contributed by atoms with E-state index in [1.807, 2.05) is 18.3 Å². The van der Waals surface area contributed by atoms with E-state index < -0.39 is 9.73 Å². The van der Waals surface area contributed by atoms with E-state index in [1.165, 1.54) is 0 Å². The van der Waals surface area contributed by atoms with Crippen molar-refractivity contribution in [1.82, 2.24) is 19.9 Å². The third-order valence-corrected chi connectivity index (χ3v) is 8.96. The Bertz CT molecular complexity index is 1200. The summed E-state index contributed by atoms with van der Waals surface area (Å²) in [5.41, 5.74) is 2.63. The van der Waals surface area contributed by atoms with Gasteiger partial charge < -0.3 is 14.6 Å². The molecule has 3 aromatic heterocycles. The van der Waals surface area contributed by atoms with Crippen LogP contribution < -0.4 is 4.90 Å². The van der Waals surface area contributed by atoms with Gasteiger partial charge >= 0.3 is 0 Å². The minimum atomic E-state index is -2.31. The monoisotopic (exact) mass is 426 g/mol. The molecule has 0 saturated carbocycles. The number of nitrogens with one attached hydrogen (secondary N) is 1. The summed E-state index contributed by atoms with van der Waals surface area (Å²) >= 11 is 0. The van der Waals surface area contributed by atoms with E-state index in [2.05, 4.69) is 26.2 Å². The van der Waals surface area contributed by atoms with Crippen LogP contribution in [0.15, 0.2) is 35.1 Å². The summed E-state index contributed by atoms with van der Waals surface area (Å²) < 4.78 is 23.3. The Morgan fingerprint density at radius 3 is 3.07 bits per heavy atom. The highest BCUT2D eigenvalue weighted by molar-refractivity contribution is 7.94. The normalized spacial score (nSPS) is 26.9. The number of fused-ring (bicyclic) bond motifs is 1. The highest BCUT2D eigenvalue weighted by atomic mass is 32.2. The number of aromatic amines is 1. The second-order valence-electron chi connectivity index (χ2n) is 7.93. The molecule has 9 heteroatoms. The van der Waals surface area contributed by atoms with Crippen LogP contribution in [0.3, 0.4) is 0 Å². The molecule has 2 aliphatic heterocycles. The molecule has 1 N–H and O–H groups in total. The zero-order valence-corrected chi connectivity index (χ0v) is 18.1. The molecule has 2 saturated heterocycles. The quantitative estimate of drug-likeness (QED) is 0.691. The van der Waals surface area contributed by atoms with E-state index in [-0.39, 0.29) is 11.3 Å². The predicted octanol–water partition coefficient (Wildman–Crippen LogP) is 3.18. The van der Waals surface area contributed by atoms with E-state index in [4.69, 9.17) is 14.7 Å². The Morgan fingerprint density at radius 1 is 1.33 bits per heavy atom. The lowest BCUT2D eigenvalue weighted by Crippen LogP contribution is -2.44. The van der Waals surface area contributed by atoms with Crippen molar-refractivity contribution in [3.8, 4) is 11.4 Å². The van der Waals surface area contributed by atoms with Gasteiger partial charge in [-0.05, 0) is 25.8 Å². The van der Waals surface area contributed by atoms with Gasteiger partial charge in [-0.2, -0.15) is 0 Å². The SMILES string of the molecule is CN=S1(=O)CCC[C@@H]1c1cc(N2CCOC[C@H]2C)nc(-c2cncc3[nH]ccc23)n1. The van der Waals surface area contributed by atoms with E-state index in [0.29, 0.717) is 24.8 Å². The maximum absolute atomic E-state index is 13.4. The van der Waals surface area contributed by atoms with Crippen molar-refractivity contribution in [3.63, 3.8) is 0 Å². The van der Waals surface area contributed by atoms with Gasteiger partial charge in [0.25, 0.3) is 0 Å². The summed E-state index contributed by atoms with van der Waals surface area (Å²) in [4.78, 5) is 19.7. The van der Waals surface area contributed by atoms with Crippen molar-refractivity contribution in [2.24, 2.45) is 4.36 Å². The standard InChI is InChI=1S/C21H26N6O2S/c1-14-13-29-8-7-27(14)20-10-17(19-4-3-9-30(19,28)22-2)25-21(26-20)16-11-23-12-18-15(16)5-6-24-18/h5-6,10-12,14,19,24H,3-4,7-9,13H2,1-2H3/t14-,19-,30?/m1/s1. The smallest absolute Gasteiger partial charge is 0.164 e. The summed E-state index contributed by atoms with van der Waals surface area (Å²) in [7, 11) is -0.643. The van der Waals surface area contributed by atoms with Crippen molar-refractivity contribution in [1.29, 1.82) is 0 Å². The number of hydrogen-bond acceptors (Lipinski definition) is 7. The molecule has 1 unspecified atom stereocenters. The third-order valence-electron chi connectivity index (χ3n) is 6.10. The molecule has 2 aliphatic rings. The highest BCUT2D eigenvalue weighted by Gasteiger charge is 2.33. The molecule has 5 rings (SSSR count). The zero-order valence-electron chi connectivity index (χ0n) is 17.2. The first-order valence-corrected chi connectivity index (χ1v) is 12.1. The first kappa shape index (κ1) is 19.4. The topological polar surface area (TPSA) is 96.4 Å². The van der Waals surface area contributed by atoms with Crippen LogP contribution in [0.4, 0.5) is 5.82 Å². The van der Waals surface area contributed by atoms with Gasteiger partial charge in [0.15, 0.2) is 5.82 Å². The van der Waals surface area contributed by atoms with Gasteiger partial charge in [-0.3, -0.25) is 4.98 Å². The molecule has 0 aliphatic carbocycles. The Labute approximate surface area is 176 Å². The Morgan fingerprint density at radius 2 is 2.23 bits per heavy atom. The third kappa shape index (κ3) is 3.26. The van der Waals surface area contributed by atoms with Gasteiger partial charge in [-0.1, -0.05) is 0 Å². The van der Waals surface area contributed by atoms with Gasteiger partial charge in [0.2, 0.25) is 0 Å². The fourth-order valence-corrected chi connectivity index (χ4v) is 6.80. The zero-order chi connectivity index (χ0) is 20.7. The second kappa shape index (κ2) is 7.63. The van der Waals surface area contributed by atoms with Crippen LogP contribution in [0.5, 0.6) is 0 Å². The molecular formula is C21H26N6O2S. The average Bonchev–Trinajstić information content (AvgIpc) is 3.40. The molecule has 2 fully saturated rings. The number of ether oxygens (including phenoxy) is 1. The molecule has 3 aromatic rings. The van der Waals surface area contributed by atoms with Gasteiger partial charge in [0.1, 0.15) is 5.82 Å². The highest BCUT2D eigenvalue weighted by Crippen LogP contribution is 2.38. The molecule has 0 radical (unpaired) electrons. The van der Waals surface area contributed by atoms with Crippen molar-refractivity contribution in [3.05, 3.63) is 36.4 Å².